The number of rotatable bonds is 6. The summed E-state index contributed by atoms with van der Waals surface area (Å²) in [6.45, 7) is 8.08. The zero-order valence-electron chi connectivity index (χ0n) is 11.9. The molecule has 1 aliphatic heterocycles. The lowest BCUT2D eigenvalue weighted by atomic mass is 9.97. The van der Waals surface area contributed by atoms with Crippen LogP contribution in [0.5, 0.6) is 0 Å². The van der Waals surface area contributed by atoms with Gasteiger partial charge in [0.2, 0.25) is 0 Å². The van der Waals surface area contributed by atoms with Gasteiger partial charge in [-0.3, -0.25) is 0 Å². The number of likely N-dealkylation sites (tertiary alicyclic amines) is 1. The molecule has 2 rings (SSSR count). The molecule has 0 amide bonds. The summed E-state index contributed by atoms with van der Waals surface area (Å²) in [5.74, 6) is 0.871. The SMILES string of the molecule is CCCn1cccc1CNCC1CCN(C)CC1. The quantitative estimate of drug-likeness (QED) is 0.835. The third-order valence-electron chi connectivity index (χ3n) is 3.97. The minimum atomic E-state index is 0.871. The maximum Gasteiger partial charge on any atom is 0.0359 e. The van der Waals surface area contributed by atoms with Gasteiger partial charge in [0.15, 0.2) is 0 Å². The minimum absolute atomic E-state index is 0.871. The Bertz CT molecular complexity index is 337. The maximum atomic E-state index is 3.63. The molecule has 1 aliphatic rings. The average Bonchev–Trinajstić information content (AvgIpc) is 2.80. The molecule has 1 saturated heterocycles. The molecular weight excluding hydrogens is 222 g/mol. The summed E-state index contributed by atoms with van der Waals surface area (Å²) in [6.07, 6.45) is 6.09. The molecule has 1 fully saturated rings. The summed E-state index contributed by atoms with van der Waals surface area (Å²) in [4.78, 5) is 2.43. The van der Waals surface area contributed by atoms with Crippen LogP contribution in [0.1, 0.15) is 31.9 Å². The number of nitrogens with zero attached hydrogens (tertiary/aromatic N) is 2. The van der Waals surface area contributed by atoms with E-state index < -0.39 is 0 Å². The predicted octanol–water partition coefficient (Wildman–Crippen LogP) is 2.33. The first-order chi connectivity index (χ1) is 8.79. The van der Waals surface area contributed by atoms with Gasteiger partial charge in [-0.15, -0.1) is 0 Å². The molecule has 1 aromatic heterocycles. The molecule has 0 spiro atoms. The molecule has 1 N–H and O–H groups in total. The maximum absolute atomic E-state index is 3.63. The fourth-order valence-corrected chi connectivity index (χ4v) is 2.74. The third kappa shape index (κ3) is 3.85. The standard InChI is InChI=1S/C15H27N3/c1-3-8-18-9-4-5-15(18)13-16-12-14-6-10-17(2)11-7-14/h4-5,9,14,16H,3,6-8,10-13H2,1-2H3. The van der Waals surface area contributed by atoms with Gasteiger partial charge in [-0.1, -0.05) is 6.92 Å². The minimum Gasteiger partial charge on any atom is -0.350 e. The summed E-state index contributed by atoms with van der Waals surface area (Å²) in [7, 11) is 2.22. The van der Waals surface area contributed by atoms with E-state index in [-0.39, 0.29) is 0 Å². The van der Waals surface area contributed by atoms with Crippen molar-refractivity contribution in [2.75, 3.05) is 26.7 Å². The highest BCUT2D eigenvalue weighted by Crippen LogP contribution is 2.15. The van der Waals surface area contributed by atoms with Crippen LogP contribution < -0.4 is 5.32 Å². The van der Waals surface area contributed by atoms with Gasteiger partial charge in [0.1, 0.15) is 0 Å². The lowest BCUT2D eigenvalue weighted by Gasteiger charge is -2.29. The molecule has 18 heavy (non-hydrogen) atoms. The van der Waals surface area contributed by atoms with E-state index in [9.17, 15) is 0 Å². The summed E-state index contributed by atoms with van der Waals surface area (Å²) in [5, 5.41) is 3.63. The van der Waals surface area contributed by atoms with E-state index in [4.69, 9.17) is 0 Å². The second-order valence-electron chi connectivity index (χ2n) is 5.57. The van der Waals surface area contributed by atoms with Gasteiger partial charge < -0.3 is 14.8 Å². The molecule has 3 heteroatoms. The number of nitrogens with one attached hydrogen (secondary N) is 1. The molecule has 2 heterocycles. The van der Waals surface area contributed by atoms with Crippen LogP contribution in [0.15, 0.2) is 18.3 Å². The van der Waals surface area contributed by atoms with Crippen molar-refractivity contribution in [1.29, 1.82) is 0 Å². The van der Waals surface area contributed by atoms with Crippen molar-refractivity contribution in [2.24, 2.45) is 5.92 Å². The smallest absolute Gasteiger partial charge is 0.0359 e. The van der Waals surface area contributed by atoms with E-state index in [0.717, 1.165) is 19.0 Å². The fraction of sp³-hybridized carbons (Fsp3) is 0.733. The summed E-state index contributed by atoms with van der Waals surface area (Å²) in [5.41, 5.74) is 1.42. The van der Waals surface area contributed by atoms with Gasteiger partial charge in [-0.2, -0.15) is 0 Å². The molecule has 3 nitrogen and oxygen atoms in total. The monoisotopic (exact) mass is 249 g/mol. The summed E-state index contributed by atoms with van der Waals surface area (Å²) < 4.78 is 2.36. The van der Waals surface area contributed by atoms with Crippen LogP contribution in [0, 0.1) is 5.92 Å². The molecule has 0 unspecified atom stereocenters. The van der Waals surface area contributed by atoms with E-state index in [1.54, 1.807) is 0 Å². The lowest BCUT2D eigenvalue weighted by Crippen LogP contribution is -2.35. The van der Waals surface area contributed by atoms with E-state index >= 15 is 0 Å². The topological polar surface area (TPSA) is 20.2 Å². The van der Waals surface area contributed by atoms with Gasteiger partial charge in [-0.05, 0) is 64.0 Å². The first kappa shape index (κ1) is 13.6. The second kappa shape index (κ2) is 6.95. The number of hydrogen-bond acceptors (Lipinski definition) is 2. The van der Waals surface area contributed by atoms with Crippen LogP contribution >= 0.6 is 0 Å². The first-order valence-electron chi connectivity index (χ1n) is 7.33. The lowest BCUT2D eigenvalue weighted by molar-refractivity contribution is 0.215. The highest BCUT2D eigenvalue weighted by atomic mass is 15.1. The summed E-state index contributed by atoms with van der Waals surface area (Å²) >= 11 is 0. The molecule has 102 valence electrons. The van der Waals surface area contributed by atoms with Crippen LogP contribution in [0.3, 0.4) is 0 Å². The first-order valence-corrected chi connectivity index (χ1v) is 7.33. The van der Waals surface area contributed by atoms with Crippen LogP contribution in [0.2, 0.25) is 0 Å². The number of aromatic nitrogens is 1. The van der Waals surface area contributed by atoms with Crippen molar-refractivity contribution in [3.05, 3.63) is 24.0 Å². The normalized spacial score (nSPS) is 18.3. The van der Waals surface area contributed by atoms with E-state index in [1.807, 2.05) is 0 Å². The Hall–Kier alpha value is -0.800. The predicted molar refractivity (Wildman–Crippen MR) is 76.7 cm³/mol. The van der Waals surface area contributed by atoms with Gasteiger partial charge >= 0.3 is 0 Å². The Morgan fingerprint density at radius 3 is 2.83 bits per heavy atom. The van der Waals surface area contributed by atoms with Crippen LogP contribution in [0.25, 0.3) is 0 Å². The molecule has 0 aliphatic carbocycles. The third-order valence-corrected chi connectivity index (χ3v) is 3.97. The number of piperidine rings is 1. The van der Waals surface area contributed by atoms with Crippen molar-refractivity contribution in [2.45, 2.75) is 39.3 Å². The molecular formula is C15H27N3. The van der Waals surface area contributed by atoms with Crippen molar-refractivity contribution in [1.82, 2.24) is 14.8 Å². The van der Waals surface area contributed by atoms with Crippen molar-refractivity contribution >= 4 is 0 Å². The van der Waals surface area contributed by atoms with Crippen LogP contribution in [-0.2, 0) is 13.1 Å². The Morgan fingerprint density at radius 2 is 2.11 bits per heavy atom. The molecule has 1 aromatic rings. The van der Waals surface area contributed by atoms with Gasteiger partial charge in [0, 0.05) is 25.0 Å². The van der Waals surface area contributed by atoms with E-state index in [2.05, 4.69) is 47.1 Å². The number of aryl methyl sites for hydroxylation is 1. The van der Waals surface area contributed by atoms with E-state index in [1.165, 1.54) is 44.6 Å². The van der Waals surface area contributed by atoms with Gasteiger partial charge in [0.25, 0.3) is 0 Å². The van der Waals surface area contributed by atoms with Crippen molar-refractivity contribution in [3.8, 4) is 0 Å². The van der Waals surface area contributed by atoms with Crippen molar-refractivity contribution < 1.29 is 0 Å². The van der Waals surface area contributed by atoms with Crippen LogP contribution in [-0.4, -0.2) is 36.1 Å². The largest absolute Gasteiger partial charge is 0.350 e. The zero-order valence-corrected chi connectivity index (χ0v) is 11.9. The highest BCUT2D eigenvalue weighted by Gasteiger charge is 2.15. The molecule has 0 saturated carbocycles. The Kier molecular flexibility index (Phi) is 5.26. The Labute approximate surface area is 111 Å². The van der Waals surface area contributed by atoms with Gasteiger partial charge in [-0.25, -0.2) is 0 Å². The van der Waals surface area contributed by atoms with Crippen LogP contribution in [0.4, 0.5) is 0 Å². The Morgan fingerprint density at radius 1 is 1.33 bits per heavy atom. The highest BCUT2D eigenvalue weighted by molar-refractivity contribution is 5.06. The molecule has 0 atom stereocenters. The second-order valence-corrected chi connectivity index (χ2v) is 5.57. The molecule has 0 radical (unpaired) electrons. The zero-order chi connectivity index (χ0) is 12.8. The number of hydrogen-bond donors (Lipinski definition) is 1. The summed E-state index contributed by atoms with van der Waals surface area (Å²) in [6, 6.07) is 4.39. The Balaban J connectivity index is 1.70. The molecule has 0 bridgehead atoms. The average molecular weight is 249 g/mol. The van der Waals surface area contributed by atoms with Gasteiger partial charge in [0.05, 0.1) is 0 Å². The van der Waals surface area contributed by atoms with E-state index in [0.29, 0.717) is 0 Å². The fourth-order valence-electron chi connectivity index (χ4n) is 2.74. The molecule has 0 aromatic carbocycles. The van der Waals surface area contributed by atoms with Crippen molar-refractivity contribution in [3.63, 3.8) is 0 Å².